The van der Waals surface area contributed by atoms with E-state index in [0.29, 0.717) is 17.9 Å². The number of carbonyl (C=O) groups excluding carboxylic acids is 1. The van der Waals surface area contributed by atoms with Crippen molar-refractivity contribution < 1.29 is 14.7 Å². The predicted molar refractivity (Wildman–Crippen MR) is 64.3 cm³/mol. The summed E-state index contributed by atoms with van der Waals surface area (Å²) in [6, 6.07) is 7.37. The molecule has 0 unspecified atom stereocenters. The molecule has 5 heteroatoms. The molecule has 1 aromatic carbocycles. The third-order valence-corrected chi connectivity index (χ3v) is 2.25. The number of carbonyl (C=O) groups is 1. The summed E-state index contributed by atoms with van der Waals surface area (Å²) in [6.07, 6.45) is 1.50. The quantitative estimate of drug-likeness (QED) is 0.444. The summed E-state index contributed by atoms with van der Waals surface area (Å²) in [7, 11) is 0. The highest BCUT2D eigenvalue weighted by molar-refractivity contribution is 5.81. The molecule has 0 atom stereocenters. The van der Waals surface area contributed by atoms with Gasteiger partial charge in [-0.2, -0.15) is 0 Å². The highest BCUT2D eigenvalue weighted by atomic mass is 16.5. The maximum Gasteiger partial charge on any atom is 0.255 e. The second kappa shape index (κ2) is 6.52. The zero-order valence-electron chi connectivity index (χ0n) is 9.72. The van der Waals surface area contributed by atoms with E-state index in [1.165, 1.54) is 0 Å². The lowest BCUT2D eigenvalue weighted by Crippen LogP contribution is -2.19. The van der Waals surface area contributed by atoms with E-state index >= 15 is 0 Å². The fraction of sp³-hybridized carbons (Fsp3) is 0.333. The molecule has 5 nitrogen and oxygen atoms in total. The molecule has 0 aliphatic rings. The Labute approximate surface area is 99.9 Å². The van der Waals surface area contributed by atoms with Crippen LogP contribution in [0.5, 0.6) is 5.75 Å². The molecule has 0 aliphatic carbocycles. The molecule has 0 radical (unpaired) electrons. The normalized spacial score (nSPS) is 11.2. The largest absolute Gasteiger partial charge is 0.484 e. The van der Waals surface area contributed by atoms with Gasteiger partial charge in [0.05, 0.1) is 5.71 Å². The van der Waals surface area contributed by atoms with E-state index in [4.69, 9.17) is 15.7 Å². The van der Waals surface area contributed by atoms with Crippen LogP contribution in [0.2, 0.25) is 0 Å². The van der Waals surface area contributed by atoms with Gasteiger partial charge in [0.1, 0.15) is 5.75 Å². The van der Waals surface area contributed by atoms with Crippen LogP contribution in [0.1, 0.15) is 18.9 Å². The summed E-state index contributed by atoms with van der Waals surface area (Å²) >= 11 is 0. The minimum absolute atomic E-state index is 0.115. The van der Waals surface area contributed by atoms with Crippen LogP contribution in [0.4, 0.5) is 0 Å². The van der Waals surface area contributed by atoms with Crippen molar-refractivity contribution in [1.29, 1.82) is 0 Å². The minimum Gasteiger partial charge on any atom is -0.484 e. The number of aryl methyl sites for hydroxylation is 1. The van der Waals surface area contributed by atoms with Gasteiger partial charge in [-0.25, -0.2) is 0 Å². The number of rotatable bonds is 6. The molecule has 0 saturated carbocycles. The van der Waals surface area contributed by atoms with Crippen LogP contribution in [-0.2, 0) is 11.2 Å². The fourth-order valence-corrected chi connectivity index (χ4v) is 1.28. The van der Waals surface area contributed by atoms with Crippen LogP contribution in [0.25, 0.3) is 0 Å². The molecule has 1 aromatic rings. The van der Waals surface area contributed by atoms with Gasteiger partial charge in [0, 0.05) is 0 Å². The molecule has 92 valence electrons. The molecule has 1 amide bonds. The maximum atomic E-state index is 10.5. The molecule has 0 bridgehead atoms. The van der Waals surface area contributed by atoms with Gasteiger partial charge in [-0.15, -0.1) is 0 Å². The summed E-state index contributed by atoms with van der Waals surface area (Å²) in [6.45, 7) is 1.65. The van der Waals surface area contributed by atoms with Gasteiger partial charge in [-0.3, -0.25) is 4.79 Å². The smallest absolute Gasteiger partial charge is 0.255 e. The molecule has 0 aromatic heterocycles. The number of oxime groups is 1. The monoisotopic (exact) mass is 236 g/mol. The standard InChI is InChI=1S/C12H16N2O3/c1-9(14-16)2-3-10-4-6-11(7-5-10)17-8-12(13)15/h4-7,16H,2-3,8H2,1H3,(H2,13,15). The van der Waals surface area contributed by atoms with E-state index < -0.39 is 5.91 Å². The zero-order valence-corrected chi connectivity index (χ0v) is 9.72. The van der Waals surface area contributed by atoms with Gasteiger partial charge >= 0.3 is 0 Å². The first-order valence-electron chi connectivity index (χ1n) is 5.29. The van der Waals surface area contributed by atoms with Crippen molar-refractivity contribution in [3.05, 3.63) is 29.8 Å². The van der Waals surface area contributed by atoms with Gasteiger partial charge in [-0.1, -0.05) is 17.3 Å². The molecule has 17 heavy (non-hydrogen) atoms. The number of ether oxygens (including phenoxy) is 1. The first kappa shape index (κ1) is 13.0. The Morgan fingerprint density at radius 1 is 1.41 bits per heavy atom. The second-order valence-electron chi connectivity index (χ2n) is 3.73. The van der Waals surface area contributed by atoms with E-state index in [-0.39, 0.29) is 6.61 Å². The first-order chi connectivity index (χ1) is 8.11. The van der Waals surface area contributed by atoms with Gasteiger partial charge in [0.2, 0.25) is 0 Å². The first-order valence-corrected chi connectivity index (χ1v) is 5.29. The molecule has 0 spiro atoms. The minimum atomic E-state index is -0.496. The van der Waals surface area contributed by atoms with Crippen molar-refractivity contribution in [2.75, 3.05) is 6.61 Å². The van der Waals surface area contributed by atoms with Crippen LogP contribution in [0, 0.1) is 0 Å². The third-order valence-electron chi connectivity index (χ3n) is 2.25. The van der Waals surface area contributed by atoms with Crippen molar-refractivity contribution in [3.8, 4) is 5.75 Å². The predicted octanol–water partition coefficient (Wildman–Crippen LogP) is 1.33. The SMILES string of the molecule is CC(CCc1ccc(OCC(N)=O)cc1)=NO. The highest BCUT2D eigenvalue weighted by Crippen LogP contribution is 2.13. The van der Waals surface area contributed by atoms with E-state index in [1.54, 1.807) is 19.1 Å². The Kier molecular flexibility index (Phi) is 5.00. The summed E-state index contributed by atoms with van der Waals surface area (Å²) in [5.41, 5.74) is 6.77. The summed E-state index contributed by atoms with van der Waals surface area (Å²) in [4.78, 5) is 10.5. The second-order valence-corrected chi connectivity index (χ2v) is 3.73. The van der Waals surface area contributed by atoms with Crippen molar-refractivity contribution in [1.82, 2.24) is 0 Å². The Hall–Kier alpha value is -2.04. The molecular weight excluding hydrogens is 220 g/mol. The van der Waals surface area contributed by atoms with Gasteiger partial charge in [-0.05, 0) is 37.5 Å². The number of benzene rings is 1. The average Bonchev–Trinajstić information content (AvgIpc) is 2.34. The van der Waals surface area contributed by atoms with Crippen molar-refractivity contribution in [2.45, 2.75) is 19.8 Å². The van der Waals surface area contributed by atoms with E-state index in [9.17, 15) is 4.79 Å². The lowest BCUT2D eigenvalue weighted by Gasteiger charge is -2.05. The number of hydrogen-bond acceptors (Lipinski definition) is 4. The number of primary amides is 1. The lowest BCUT2D eigenvalue weighted by atomic mass is 10.1. The molecular formula is C12H16N2O3. The third kappa shape index (κ3) is 5.01. The molecule has 0 heterocycles. The van der Waals surface area contributed by atoms with Gasteiger partial charge < -0.3 is 15.7 Å². The molecule has 0 saturated heterocycles. The summed E-state index contributed by atoms with van der Waals surface area (Å²) < 4.78 is 5.13. The summed E-state index contributed by atoms with van der Waals surface area (Å²) in [5, 5.41) is 11.6. The Bertz CT molecular complexity index is 399. The van der Waals surface area contributed by atoms with Crippen molar-refractivity contribution in [3.63, 3.8) is 0 Å². The molecule has 1 rings (SSSR count). The van der Waals surface area contributed by atoms with Crippen molar-refractivity contribution in [2.24, 2.45) is 10.9 Å². The van der Waals surface area contributed by atoms with Crippen LogP contribution in [0.3, 0.4) is 0 Å². The molecule has 0 aliphatic heterocycles. The zero-order chi connectivity index (χ0) is 12.7. The highest BCUT2D eigenvalue weighted by Gasteiger charge is 1.99. The Balaban J connectivity index is 2.47. The van der Waals surface area contributed by atoms with E-state index in [0.717, 1.165) is 12.0 Å². The number of amides is 1. The lowest BCUT2D eigenvalue weighted by molar-refractivity contribution is -0.119. The Morgan fingerprint density at radius 2 is 2.06 bits per heavy atom. The molecule has 3 N–H and O–H groups in total. The average molecular weight is 236 g/mol. The number of hydrogen-bond donors (Lipinski definition) is 2. The van der Waals surface area contributed by atoms with Crippen LogP contribution in [-0.4, -0.2) is 23.4 Å². The number of nitrogens with two attached hydrogens (primary N) is 1. The van der Waals surface area contributed by atoms with Crippen LogP contribution < -0.4 is 10.5 Å². The van der Waals surface area contributed by atoms with E-state index in [2.05, 4.69) is 5.16 Å². The summed E-state index contributed by atoms with van der Waals surface area (Å²) in [5.74, 6) is 0.115. The van der Waals surface area contributed by atoms with Crippen LogP contribution in [0.15, 0.2) is 29.4 Å². The van der Waals surface area contributed by atoms with Gasteiger partial charge in [0.25, 0.3) is 5.91 Å². The van der Waals surface area contributed by atoms with Gasteiger partial charge in [0.15, 0.2) is 6.61 Å². The van der Waals surface area contributed by atoms with E-state index in [1.807, 2.05) is 12.1 Å². The molecule has 0 fully saturated rings. The topological polar surface area (TPSA) is 84.9 Å². The number of nitrogens with zero attached hydrogens (tertiary/aromatic N) is 1. The van der Waals surface area contributed by atoms with Crippen LogP contribution >= 0.6 is 0 Å². The fourth-order valence-electron chi connectivity index (χ4n) is 1.28. The Morgan fingerprint density at radius 3 is 2.59 bits per heavy atom. The maximum absolute atomic E-state index is 10.5. The van der Waals surface area contributed by atoms with Crippen molar-refractivity contribution >= 4 is 11.6 Å².